The van der Waals surface area contributed by atoms with Gasteiger partial charge in [-0.05, 0) is 60.7 Å². The van der Waals surface area contributed by atoms with Gasteiger partial charge in [0.25, 0.3) is 5.91 Å². The van der Waals surface area contributed by atoms with E-state index in [1.807, 2.05) is 44.2 Å². The second kappa shape index (κ2) is 8.09. The fourth-order valence-corrected chi connectivity index (χ4v) is 3.11. The Morgan fingerprint density at radius 1 is 1.19 bits per heavy atom. The third-order valence-electron chi connectivity index (χ3n) is 4.55. The Balaban J connectivity index is 1.62. The van der Waals surface area contributed by atoms with Crippen molar-refractivity contribution in [3.8, 4) is 17.2 Å². The van der Waals surface area contributed by atoms with E-state index in [4.69, 9.17) is 25.8 Å². The molecule has 1 amide bonds. The number of fused-ring (bicyclic) bond motifs is 1. The van der Waals surface area contributed by atoms with Crippen LogP contribution in [0.15, 0.2) is 30.3 Å². The smallest absolute Gasteiger partial charge is 0.258 e. The van der Waals surface area contributed by atoms with E-state index in [1.165, 1.54) is 0 Å². The first kappa shape index (κ1) is 19.4. The number of amides is 1. The summed E-state index contributed by atoms with van der Waals surface area (Å²) < 4.78 is 16.5. The fourth-order valence-electron chi connectivity index (χ4n) is 2.94. The van der Waals surface area contributed by atoms with E-state index in [1.54, 1.807) is 0 Å². The van der Waals surface area contributed by atoms with Gasteiger partial charge in [0.05, 0.1) is 6.04 Å². The lowest BCUT2D eigenvalue weighted by Gasteiger charge is -2.18. The lowest BCUT2D eigenvalue weighted by atomic mass is 10.0. The van der Waals surface area contributed by atoms with Crippen LogP contribution in [0.3, 0.4) is 0 Å². The maximum atomic E-state index is 12.3. The van der Waals surface area contributed by atoms with Gasteiger partial charge in [-0.15, -0.1) is 0 Å². The predicted molar refractivity (Wildman–Crippen MR) is 105 cm³/mol. The molecule has 1 unspecified atom stereocenters. The predicted octanol–water partition coefficient (Wildman–Crippen LogP) is 4.76. The number of hydrogen-bond acceptors (Lipinski definition) is 4. The summed E-state index contributed by atoms with van der Waals surface area (Å²) >= 11 is 6.22. The van der Waals surface area contributed by atoms with Crippen LogP contribution in [0.2, 0.25) is 5.02 Å². The second-order valence-electron chi connectivity index (χ2n) is 6.98. The van der Waals surface area contributed by atoms with Gasteiger partial charge >= 0.3 is 0 Å². The van der Waals surface area contributed by atoms with Crippen LogP contribution in [0.4, 0.5) is 0 Å². The lowest BCUT2D eigenvalue weighted by molar-refractivity contribution is -0.123. The summed E-state index contributed by atoms with van der Waals surface area (Å²) in [5.74, 6) is 2.16. The zero-order chi connectivity index (χ0) is 19.6. The molecule has 2 aromatic carbocycles. The zero-order valence-electron chi connectivity index (χ0n) is 16.0. The molecule has 27 heavy (non-hydrogen) atoms. The number of benzene rings is 2. The van der Waals surface area contributed by atoms with Crippen molar-refractivity contribution in [3.05, 3.63) is 52.0 Å². The van der Waals surface area contributed by atoms with Crippen molar-refractivity contribution in [1.29, 1.82) is 0 Å². The van der Waals surface area contributed by atoms with Gasteiger partial charge in [-0.1, -0.05) is 31.5 Å². The summed E-state index contributed by atoms with van der Waals surface area (Å²) in [6, 6.07) is 9.26. The van der Waals surface area contributed by atoms with Crippen molar-refractivity contribution in [1.82, 2.24) is 5.32 Å². The Bertz CT molecular complexity index is 850. The number of halogens is 1. The number of nitrogens with one attached hydrogen (secondary N) is 1. The van der Waals surface area contributed by atoms with Crippen LogP contribution >= 0.6 is 11.6 Å². The van der Waals surface area contributed by atoms with E-state index < -0.39 is 0 Å². The first-order valence-corrected chi connectivity index (χ1v) is 9.34. The monoisotopic (exact) mass is 389 g/mol. The van der Waals surface area contributed by atoms with Crippen LogP contribution in [-0.4, -0.2) is 19.3 Å². The van der Waals surface area contributed by atoms with E-state index in [0.717, 1.165) is 22.4 Å². The molecular formula is C21H24ClNO4. The van der Waals surface area contributed by atoms with Crippen LogP contribution in [-0.2, 0) is 4.79 Å². The van der Waals surface area contributed by atoms with Crippen LogP contribution in [0.25, 0.3) is 0 Å². The maximum absolute atomic E-state index is 12.3. The summed E-state index contributed by atoms with van der Waals surface area (Å²) in [5.41, 5.74) is 2.85. The van der Waals surface area contributed by atoms with E-state index in [9.17, 15) is 4.79 Å². The van der Waals surface area contributed by atoms with Gasteiger partial charge in [-0.25, -0.2) is 0 Å². The third-order valence-corrected chi connectivity index (χ3v) is 4.95. The average molecular weight is 390 g/mol. The van der Waals surface area contributed by atoms with Gasteiger partial charge in [0.15, 0.2) is 18.1 Å². The van der Waals surface area contributed by atoms with Crippen LogP contribution < -0.4 is 19.5 Å². The maximum Gasteiger partial charge on any atom is 0.258 e. The summed E-state index contributed by atoms with van der Waals surface area (Å²) in [7, 11) is 0. The van der Waals surface area contributed by atoms with Crippen LogP contribution in [0.1, 0.15) is 49.4 Å². The van der Waals surface area contributed by atoms with E-state index in [-0.39, 0.29) is 31.3 Å². The molecule has 1 N–H and O–H groups in total. The largest absolute Gasteiger partial charge is 0.483 e. The molecule has 1 heterocycles. The van der Waals surface area contributed by atoms with Gasteiger partial charge < -0.3 is 19.5 Å². The van der Waals surface area contributed by atoms with Gasteiger partial charge in [-0.2, -0.15) is 0 Å². The van der Waals surface area contributed by atoms with Gasteiger partial charge in [0, 0.05) is 5.02 Å². The first-order chi connectivity index (χ1) is 12.8. The van der Waals surface area contributed by atoms with Gasteiger partial charge in [0.2, 0.25) is 6.79 Å². The number of carbonyl (C=O) groups excluding carboxylic acids is 1. The molecule has 1 atom stereocenters. The quantitative estimate of drug-likeness (QED) is 0.774. The zero-order valence-corrected chi connectivity index (χ0v) is 16.7. The Morgan fingerprint density at radius 2 is 1.93 bits per heavy atom. The number of hydrogen-bond donors (Lipinski definition) is 1. The Kier molecular flexibility index (Phi) is 5.80. The molecule has 0 spiro atoms. The number of ether oxygens (including phenoxy) is 3. The minimum Gasteiger partial charge on any atom is -0.483 e. The van der Waals surface area contributed by atoms with Crippen molar-refractivity contribution in [2.24, 2.45) is 0 Å². The molecule has 0 bridgehead atoms. The van der Waals surface area contributed by atoms with Crippen molar-refractivity contribution < 1.29 is 19.0 Å². The highest BCUT2D eigenvalue weighted by atomic mass is 35.5. The lowest BCUT2D eigenvalue weighted by Crippen LogP contribution is -2.31. The molecule has 1 aliphatic rings. The van der Waals surface area contributed by atoms with Gasteiger partial charge in [-0.3, -0.25) is 4.79 Å². The molecule has 2 aromatic rings. The molecule has 0 saturated carbocycles. The highest BCUT2D eigenvalue weighted by molar-refractivity contribution is 6.31. The van der Waals surface area contributed by atoms with Crippen molar-refractivity contribution in [2.75, 3.05) is 13.4 Å². The minimum absolute atomic E-state index is 0.0598. The summed E-state index contributed by atoms with van der Waals surface area (Å²) in [5, 5.41) is 3.65. The highest BCUT2D eigenvalue weighted by Crippen LogP contribution is 2.34. The average Bonchev–Trinajstić information content (AvgIpc) is 3.09. The first-order valence-electron chi connectivity index (χ1n) is 8.97. The van der Waals surface area contributed by atoms with Crippen LogP contribution in [0.5, 0.6) is 17.2 Å². The summed E-state index contributed by atoms with van der Waals surface area (Å²) in [6.45, 7) is 8.13. The second-order valence-corrected chi connectivity index (χ2v) is 7.39. The summed E-state index contributed by atoms with van der Waals surface area (Å²) in [4.78, 5) is 12.3. The van der Waals surface area contributed by atoms with Crippen molar-refractivity contribution in [3.63, 3.8) is 0 Å². The molecule has 0 saturated heterocycles. The topological polar surface area (TPSA) is 56.8 Å². The minimum atomic E-state index is -0.192. The number of carbonyl (C=O) groups is 1. The third kappa shape index (κ3) is 4.48. The molecule has 5 nitrogen and oxygen atoms in total. The molecule has 1 aliphatic heterocycles. The molecule has 0 radical (unpaired) electrons. The molecule has 3 rings (SSSR count). The van der Waals surface area contributed by atoms with E-state index in [0.29, 0.717) is 16.5 Å². The summed E-state index contributed by atoms with van der Waals surface area (Å²) in [6.07, 6.45) is 0. The number of aryl methyl sites for hydroxylation is 1. The molecule has 0 aromatic heterocycles. The van der Waals surface area contributed by atoms with Crippen molar-refractivity contribution >= 4 is 17.5 Å². The molecule has 6 heteroatoms. The Labute approximate surface area is 164 Å². The molecule has 144 valence electrons. The Morgan fingerprint density at radius 3 is 2.67 bits per heavy atom. The normalized spacial score (nSPS) is 13.6. The Hall–Kier alpha value is -2.40. The fraction of sp³-hybridized carbons (Fsp3) is 0.381. The SMILES string of the molecule is Cc1cc(OCC(=O)NC(C)c2ccc3c(c2)OCO3)c(C(C)C)cc1Cl. The van der Waals surface area contributed by atoms with Crippen LogP contribution in [0, 0.1) is 6.92 Å². The standard InChI is InChI=1S/C21H24ClNO4/c1-12(2)16-9-17(22)13(3)7-19(16)25-10-21(24)23-14(4)15-5-6-18-20(8-15)27-11-26-18/h5-9,12,14H,10-11H2,1-4H3,(H,23,24). The van der Waals surface area contributed by atoms with E-state index in [2.05, 4.69) is 19.2 Å². The van der Waals surface area contributed by atoms with Crippen molar-refractivity contribution in [2.45, 2.75) is 39.7 Å². The number of rotatable bonds is 6. The molecular weight excluding hydrogens is 366 g/mol. The molecule has 0 aliphatic carbocycles. The highest BCUT2D eigenvalue weighted by Gasteiger charge is 2.18. The van der Waals surface area contributed by atoms with E-state index >= 15 is 0 Å². The van der Waals surface area contributed by atoms with Gasteiger partial charge in [0.1, 0.15) is 5.75 Å². The molecule has 0 fully saturated rings.